The van der Waals surface area contributed by atoms with E-state index in [1.807, 2.05) is 0 Å². The van der Waals surface area contributed by atoms with E-state index in [0.29, 0.717) is 17.4 Å². The molecule has 0 aromatic heterocycles. The molecule has 0 aliphatic heterocycles. The minimum Gasteiger partial charge on any atom is -0.394 e. The van der Waals surface area contributed by atoms with Crippen LogP contribution in [-0.2, 0) is 0 Å². The average Bonchev–Trinajstić information content (AvgIpc) is 2.33. The first kappa shape index (κ1) is 16.9. The van der Waals surface area contributed by atoms with Gasteiger partial charge >= 0.3 is 0 Å². The molecule has 0 bridgehead atoms. The summed E-state index contributed by atoms with van der Waals surface area (Å²) in [5.74, 6) is 0.680. The van der Waals surface area contributed by atoms with Gasteiger partial charge in [-0.1, -0.05) is 27.2 Å². The molecule has 0 amide bonds. The van der Waals surface area contributed by atoms with Crippen LogP contribution in [0.4, 0.5) is 0 Å². The number of likely N-dealkylation sites (N-methyl/N-ethyl adjacent to an activating group) is 1. The zero-order valence-electron chi connectivity index (χ0n) is 13.8. The number of hydrogen-bond donors (Lipinski definition) is 2. The summed E-state index contributed by atoms with van der Waals surface area (Å²) in [7, 11) is 2.14. The second-order valence-corrected chi connectivity index (χ2v) is 7.53. The Balaban J connectivity index is 2.74. The van der Waals surface area contributed by atoms with Crippen LogP contribution >= 0.6 is 0 Å². The summed E-state index contributed by atoms with van der Waals surface area (Å²) in [5.41, 5.74) is 0.251. The molecular weight excluding hydrogens is 236 g/mol. The van der Waals surface area contributed by atoms with Crippen molar-refractivity contribution in [2.45, 2.75) is 65.5 Å². The minimum absolute atomic E-state index is 0.127. The molecule has 1 fully saturated rings. The molecule has 1 rings (SSSR count). The van der Waals surface area contributed by atoms with Crippen LogP contribution < -0.4 is 5.32 Å². The van der Waals surface area contributed by atoms with Crippen LogP contribution in [0.15, 0.2) is 0 Å². The summed E-state index contributed by atoms with van der Waals surface area (Å²) >= 11 is 0. The maximum absolute atomic E-state index is 9.51. The molecule has 0 aromatic carbocycles. The van der Waals surface area contributed by atoms with Gasteiger partial charge in [-0.25, -0.2) is 0 Å². The molecule has 2 unspecified atom stereocenters. The predicted octanol–water partition coefficient (Wildman–Crippen LogP) is 2.49. The number of aliphatic hydroxyl groups is 1. The lowest BCUT2D eigenvalue weighted by Crippen LogP contribution is -2.55. The van der Waals surface area contributed by atoms with Gasteiger partial charge in [0.2, 0.25) is 0 Å². The SMILES string of the molecule is CCNC1C(CN(C)C(C)(C)CO)CCCC1(C)C. The largest absolute Gasteiger partial charge is 0.394 e. The molecule has 19 heavy (non-hydrogen) atoms. The van der Waals surface area contributed by atoms with Crippen LogP contribution in [0.1, 0.15) is 53.9 Å². The maximum Gasteiger partial charge on any atom is 0.0609 e. The van der Waals surface area contributed by atoms with Crippen molar-refractivity contribution in [1.82, 2.24) is 10.2 Å². The van der Waals surface area contributed by atoms with Crippen LogP contribution in [-0.4, -0.2) is 48.3 Å². The number of rotatable bonds is 6. The molecule has 114 valence electrons. The van der Waals surface area contributed by atoms with Gasteiger partial charge in [-0.15, -0.1) is 0 Å². The predicted molar refractivity (Wildman–Crippen MR) is 82.4 cm³/mol. The van der Waals surface area contributed by atoms with E-state index < -0.39 is 0 Å². The van der Waals surface area contributed by atoms with Crippen molar-refractivity contribution in [2.24, 2.45) is 11.3 Å². The van der Waals surface area contributed by atoms with Gasteiger partial charge < -0.3 is 10.4 Å². The quantitative estimate of drug-likeness (QED) is 0.778. The highest BCUT2D eigenvalue weighted by atomic mass is 16.3. The maximum atomic E-state index is 9.51. The smallest absolute Gasteiger partial charge is 0.0609 e. The van der Waals surface area contributed by atoms with Crippen molar-refractivity contribution >= 4 is 0 Å². The Morgan fingerprint density at radius 1 is 1.37 bits per heavy atom. The number of hydrogen-bond acceptors (Lipinski definition) is 3. The monoisotopic (exact) mass is 270 g/mol. The molecular formula is C16H34N2O. The van der Waals surface area contributed by atoms with Crippen molar-refractivity contribution in [3.05, 3.63) is 0 Å². The Morgan fingerprint density at radius 3 is 2.53 bits per heavy atom. The van der Waals surface area contributed by atoms with Gasteiger partial charge in [-0.05, 0) is 51.6 Å². The highest BCUT2D eigenvalue weighted by molar-refractivity contribution is 4.95. The Hall–Kier alpha value is -0.120. The fourth-order valence-corrected chi connectivity index (χ4v) is 3.36. The first-order valence-electron chi connectivity index (χ1n) is 7.80. The third kappa shape index (κ3) is 4.17. The third-order valence-electron chi connectivity index (χ3n) is 5.06. The molecule has 0 spiro atoms. The zero-order valence-corrected chi connectivity index (χ0v) is 13.8. The summed E-state index contributed by atoms with van der Waals surface area (Å²) in [6.45, 7) is 13.5. The lowest BCUT2D eigenvalue weighted by molar-refractivity contribution is 0.0303. The molecule has 3 heteroatoms. The fraction of sp³-hybridized carbons (Fsp3) is 1.00. The first-order chi connectivity index (χ1) is 8.74. The lowest BCUT2D eigenvalue weighted by atomic mass is 9.67. The summed E-state index contributed by atoms with van der Waals surface area (Å²) in [4.78, 5) is 2.32. The molecule has 1 saturated carbocycles. The molecule has 2 N–H and O–H groups in total. The number of aliphatic hydroxyl groups excluding tert-OH is 1. The standard InChI is InChI=1S/C16H34N2O/c1-7-17-14-13(9-8-10-15(14,2)3)11-18(6)16(4,5)12-19/h13-14,17,19H,7-12H2,1-6H3. The summed E-state index contributed by atoms with van der Waals surface area (Å²) < 4.78 is 0. The van der Waals surface area contributed by atoms with Crippen molar-refractivity contribution < 1.29 is 5.11 Å². The van der Waals surface area contributed by atoms with Gasteiger partial charge in [-0.3, -0.25) is 4.90 Å². The normalized spacial score (nSPS) is 27.8. The molecule has 0 saturated heterocycles. The van der Waals surface area contributed by atoms with Gasteiger partial charge in [-0.2, -0.15) is 0 Å². The molecule has 1 aliphatic rings. The molecule has 0 heterocycles. The second-order valence-electron chi connectivity index (χ2n) is 7.53. The van der Waals surface area contributed by atoms with Crippen LogP contribution in [0.2, 0.25) is 0 Å². The fourth-order valence-electron chi connectivity index (χ4n) is 3.36. The summed E-state index contributed by atoms with van der Waals surface area (Å²) in [6, 6.07) is 0.586. The van der Waals surface area contributed by atoms with Crippen molar-refractivity contribution in [1.29, 1.82) is 0 Å². The highest BCUT2D eigenvalue weighted by Gasteiger charge is 2.39. The van der Waals surface area contributed by atoms with Crippen molar-refractivity contribution in [2.75, 3.05) is 26.7 Å². The van der Waals surface area contributed by atoms with Crippen LogP contribution in [0.25, 0.3) is 0 Å². The van der Waals surface area contributed by atoms with Gasteiger partial charge in [0.25, 0.3) is 0 Å². The van der Waals surface area contributed by atoms with Crippen LogP contribution in [0, 0.1) is 11.3 Å². The van der Waals surface area contributed by atoms with Crippen molar-refractivity contribution in [3.8, 4) is 0 Å². The van der Waals surface area contributed by atoms with E-state index in [2.05, 4.69) is 51.9 Å². The minimum atomic E-state index is -0.127. The van der Waals surface area contributed by atoms with Gasteiger partial charge in [0.1, 0.15) is 0 Å². The molecule has 0 radical (unpaired) electrons. The Morgan fingerprint density at radius 2 is 2.00 bits per heavy atom. The Labute approximate surface area is 119 Å². The molecule has 3 nitrogen and oxygen atoms in total. The Bertz CT molecular complexity index is 276. The summed E-state index contributed by atoms with van der Waals surface area (Å²) in [5, 5.41) is 13.2. The van der Waals surface area contributed by atoms with Gasteiger partial charge in [0.15, 0.2) is 0 Å². The topological polar surface area (TPSA) is 35.5 Å². The first-order valence-corrected chi connectivity index (χ1v) is 7.80. The van der Waals surface area contributed by atoms with Gasteiger partial charge in [0.05, 0.1) is 6.61 Å². The molecule has 2 atom stereocenters. The van der Waals surface area contributed by atoms with Crippen LogP contribution in [0.3, 0.4) is 0 Å². The Kier molecular flexibility index (Phi) is 5.84. The van der Waals surface area contributed by atoms with E-state index in [0.717, 1.165) is 13.1 Å². The van der Waals surface area contributed by atoms with E-state index in [1.165, 1.54) is 19.3 Å². The van der Waals surface area contributed by atoms with Crippen LogP contribution in [0.5, 0.6) is 0 Å². The zero-order chi connectivity index (χ0) is 14.7. The number of nitrogens with zero attached hydrogens (tertiary/aromatic N) is 1. The number of nitrogens with one attached hydrogen (secondary N) is 1. The van der Waals surface area contributed by atoms with E-state index in [1.54, 1.807) is 0 Å². The third-order valence-corrected chi connectivity index (χ3v) is 5.06. The highest BCUT2D eigenvalue weighted by Crippen LogP contribution is 2.39. The van der Waals surface area contributed by atoms with E-state index in [9.17, 15) is 5.11 Å². The van der Waals surface area contributed by atoms with E-state index in [-0.39, 0.29) is 12.1 Å². The summed E-state index contributed by atoms with van der Waals surface area (Å²) in [6.07, 6.45) is 3.94. The van der Waals surface area contributed by atoms with E-state index in [4.69, 9.17) is 0 Å². The molecule has 1 aliphatic carbocycles. The lowest BCUT2D eigenvalue weighted by Gasteiger charge is -2.47. The van der Waals surface area contributed by atoms with E-state index >= 15 is 0 Å². The average molecular weight is 270 g/mol. The molecule has 0 aromatic rings. The van der Waals surface area contributed by atoms with Crippen molar-refractivity contribution in [3.63, 3.8) is 0 Å². The second kappa shape index (κ2) is 6.55. The van der Waals surface area contributed by atoms with Gasteiger partial charge in [0, 0.05) is 18.1 Å².